The Morgan fingerprint density at radius 1 is 1.10 bits per heavy atom. The number of hydroxylamine groups is 1. The van der Waals surface area contributed by atoms with Gasteiger partial charge in [0.1, 0.15) is 5.82 Å². The third-order valence-electron chi connectivity index (χ3n) is 3.52. The van der Waals surface area contributed by atoms with Gasteiger partial charge in [-0.3, -0.25) is 9.63 Å². The van der Waals surface area contributed by atoms with Gasteiger partial charge in [-0.2, -0.15) is 0 Å². The first-order valence-electron chi connectivity index (χ1n) is 8.23. The molecule has 0 bridgehead atoms. The van der Waals surface area contributed by atoms with Gasteiger partial charge in [0.25, 0.3) is 5.91 Å². The Bertz CT molecular complexity index is 873. The fourth-order valence-electron chi connectivity index (χ4n) is 2.14. The zero-order chi connectivity index (χ0) is 21.4. The summed E-state index contributed by atoms with van der Waals surface area (Å²) in [5.74, 6) is -4.41. The maximum absolute atomic E-state index is 14.4. The molecule has 2 aromatic rings. The number of hydrogen-bond donors (Lipinski definition) is 2. The van der Waals surface area contributed by atoms with E-state index < -0.39 is 34.1 Å². The minimum absolute atomic E-state index is 0.00136. The Kier molecular flexibility index (Phi) is 9.43. The number of hydrogen-bond acceptors (Lipinski definition) is 5. The lowest BCUT2D eigenvalue weighted by molar-refractivity contribution is -0.00936. The number of benzene rings is 2. The van der Waals surface area contributed by atoms with E-state index in [4.69, 9.17) is 25.9 Å². The van der Waals surface area contributed by atoms with Gasteiger partial charge in [-0.05, 0) is 46.9 Å². The topological polar surface area (TPSA) is 68.8 Å². The predicted molar refractivity (Wildman–Crippen MR) is 110 cm³/mol. The van der Waals surface area contributed by atoms with E-state index in [1.54, 1.807) is 6.07 Å². The molecule has 0 atom stereocenters. The zero-order valence-corrected chi connectivity index (χ0v) is 18.1. The van der Waals surface area contributed by atoms with Crippen LogP contribution in [0.3, 0.4) is 0 Å². The Labute approximate surface area is 183 Å². The molecule has 0 radical (unpaired) electrons. The summed E-state index contributed by atoms with van der Waals surface area (Å²) >= 11 is 7.55. The quantitative estimate of drug-likeness (QED) is 0.201. The fourth-order valence-corrected chi connectivity index (χ4v) is 2.78. The van der Waals surface area contributed by atoms with Gasteiger partial charge >= 0.3 is 0 Å². The second-order valence-electron chi connectivity index (χ2n) is 5.54. The molecule has 0 aromatic heterocycles. The standard InChI is InChI=1S/C18H17ClF3IN2O4/c1-27-4-5-28-6-7-29-25-18(26)11-9-12(19)15(21)16(22)17(11)24-14-3-2-10(23)8-13(14)20/h2-3,8-9,24H,4-7H2,1H3,(H,25,26). The van der Waals surface area contributed by atoms with Crippen molar-refractivity contribution in [3.05, 3.63) is 55.9 Å². The fraction of sp³-hybridized carbons (Fsp3) is 0.278. The minimum Gasteiger partial charge on any atom is -0.382 e. The van der Waals surface area contributed by atoms with E-state index in [0.29, 0.717) is 16.8 Å². The van der Waals surface area contributed by atoms with Gasteiger partial charge in [0, 0.05) is 10.7 Å². The maximum atomic E-state index is 14.4. The number of carbonyl (C=O) groups excluding carboxylic acids is 1. The van der Waals surface area contributed by atoms with E-state index in [0.717, 1.165) is 6.07 Å². The number of methoxy groups -OCH3 is 1. The summed E-state index contributed by atoms with van der Waals surface area (Å²) in [6, 6.07) is 5.00. The van der Waals surface area contributed by atoms with Crippen molar-refractivity contribution < 1.29 is 32.3 Å². The lowest BCUT2D eigenvalue weighted by Gasteiger charge is -2.15. The lowest BCUT2D eigenvalue weighted by atomic mass is 10.1. The summed E-state index contributed by atoms with van der Waals surface area (Å²) in [6.45, 7) is 0.925. The van der Waals surface area contributed by atoms with Crippen LogP contribution in [-0.4, -0.2) is 39.4 Å². The molecule has 0 saturated heterocycles. The monoisotopic (exact) mass is 544 g/mol. The van der Waals surface area contributed by atoms with Crippen LogP contribution in [0.2, 0.25) is 5.02 Å². The molecule has 0 saturated carbocycles. The van der Waals surface area contributed by atoms with Gasteiger partial charge in [-0.1, -0.05) is 11.6 Å². The molecule has 0 fully saturated rings. The summed E-state index contributed by atoms with van der Waals surface area (Å²) in [4.78, 5) is 17.3. The van der Waals surface area contributed by atoms with Crippen molar-refractivity contribution in [1.82, 2.24) is 5.48 Å². The van der Waals surface area contributed by atoms with Crippen molar-refractivity contribution in [2.45, 2.75) is 0 Å². The first-order chi connectivity index (χ1) is 13.8. The second-order valence-corrected chi connectivity index (χ2v) is 7.20. The van der Waals surface area contributed by atoms with Crippen molar-refractivity contribution in [2.75, 3.05) is 38.9 Å². The second kappa shape index (κ2) is 11.6. The molecule has 0 unspecified atom stereocenters. The first kappa shape index (κ1) is 23.7. The largest absolute Gasteiger partial charge is 0.382 e. The lowest BCUT2D eigenvalue weighted by Crippen LogP contribution is -2.27. The van der Waals surface area contributed by atoms with Crippen molar-refractivity contribution in [3.8, 4) is 0 Å². The molecule has 0 aliphatic heterocycles. The predicted octanol–water partition coefficient (Wildman–Crippen LogP) is 4.43. The van der Waals surface area contributed by atoms with Crippen LogP contribution in [-0.2, 0) is 14.3 Å². The van der Waals surface area contributed by atoms with E-state index >= 15 is 0 Å². The van der Waals surface area contributed by atoms with Crippen molar-refractivity contribution in [3.63, 3.8) is 0 Å². The van der Waals surface area contributed by atoms with E-state index in [-0.39, 0.29) is 24.5 Å². The average molecular weight is 545 g/mol. The van der Waals surface area contributed by atoms with Crippen molar-refractivity contribution in [1.29, 1.82) is 0 Å². The smallest absolute Gasteiger partial charge is 0.277 e. The Morgan fingerprint density at radius 2 is 1.83 bits per heavy atom. The molecule has 2 N–H and O–H groups in total. The summed E-state index contributed by atoms with van der Waals surface area (Å²) < 4.78 is 53.0. The minimum atomic E-state index is -1.43. The van der Waals surface area contributed by atoms with E-state index in [9.17, 15) is 18.0 Å². The molecule has 1 amide bonds. The molecule has 2 aromatic carbocycles. The third kappa shape index (κ3) is 6.71. The van der Waals surface area contributed by atoms with Crippen LogP contribution in [0.1, 0.15) is 10.4 Å². The molecule has 158 valence electrons. The highest BCUT2D eigenvalue weighted by Crippen LogP contribution is 2.32. The Morgan fingerprint density at radius 3 is 2.52 bits per heavy atom. The molecule has 0 spiro atoms. The SMILES string of the molecule is COCCOCCONC(=O)c1cc(Cl)c(F)c(F)c1Nc1ccc(I)cc1F. The highest BCUT2D eigenvalue weighted by molar-refractivity contribution is 14.1. The number of amides is 1. The maximum Gasteiger partial charge on any atom is 0.277 e. The summed E-state index contributed by atoms with van der Waals surface area (Å²) in [6.07, 6.45) is 0. The number of anilines is 2. The van der Waals surface area contributed by atoms with Crippen LogP contribution < -0.4 is 10.8 Å². The number of ether oxygens (including phenoxy) is 2. The summed E-state index contributed by atoms with van der Waals surface area (Å²) in [5.41, 5.74) is 0.987. The molecule has 0 heterocycles. The highest BCUT2D eigenvalue weighted by Gasteiger charge is 2.23. The molecule has 2 rings (SSSR count). The van der Waals surface area contributed by atoms with Gasteiger partial charge in [0.05, 0.1) is 48.4 Å². The van der Waals surface area contributed by atoms with E-state index in [2.05, 4.69) is 10.8 Å². The van der Waals surface area contributed by atoms with Gasteiger partial charge in [0.2, 0.25) is 0 Å². The molecular weight excluding hydrogens is 528 g/mol. The Hall–Kier alpha value is -1.60. The summed E-state index contributed by atoms with van der Waals surface area (Å²) in [5, 5.41) is 1.80. The van der Waals surface area contributed by atoms with Gasteiger partial charge in [-0.25, -0.2) is 18.7 Å². The van der Waals surface area contributed by atoms with Crippen molar-refractivity contribution in [2.24, 2.45) is 0 Å². The van der Waals surface area contributed by atoms with Crippen LogP contribution in [0.5, 0.6) is 0 Å². The van der Waals surface area contributed by atoms with Crippen molar-refractivity contribution >= 4 is 51.5 Å². The van der Waals surface area contributed by atoms with Gasteiger partial charge in [0.15, 0.2) is 11.6 Å². The van der Waals surface area contributed by atoms with E-state index in [1.807, 2.05) is 22.6 Å². The highest BCUT2D eigenvalue weighted by atomic mass is 127. The van der Waals surface area contributed by atoms with Crippen LogP contribution in [0.4, 0.5) is 24.5 Å². The third-order valence-corrected chi connectivity index (χ3v) is 4.47. The molecule has 0 aliphatic carbocycles. The number of carbonyl (C=O) groups is 1. The van der Waals surface area contributed by atoms with Gasteiger partial charge < -0.3 is 14.8 Å². The average Bonchev–Trinajstić information content (AvgIpc) is 2.69. The molecule has 11 heteroatoms. The molecule has 6 nitrogen and oxygen atoms in total. The number of rotatable bonds is 10. The number of halogens is 5. The van der Waals surface area contributed by atoms with Gasteiger partial charge in [-0.15, -0.1) is 0 Å². The molecule has 0 aliphatic rings. The van der Waals surface area contributed by atoms with Crippen LogP contribution >= 0.6 is 34.2 Å². The normalized spacial score (nSPS) is 10.8. The van der Waals surface area contributed by atoms with E-state index in [1.165, 1.54) is 19.2 Å². The first-order valence-corrected chi connectivity index (χ1v) is 9.69. The molecular formula is C18H17ClF3IN2O4. The zero-order valence-electron chi connectivity index (χ0n) is 15.2. The van der Waals surface area contributed by atoms with Crippen LogP contribution in [0, 0.1) is 21.0 Å². The van der Waals surface area contributed by atoms with Crippen LogP contribution in [0.15, 0.2) is 24.3 Å². The summed E-state index contributed by atoms with van der Waals surface area (Å²) in [7, 11) is 1.53. The van der Waals surface area contributed by atoms with Crippen LogP contribution in [0.25, 0.3) is 0 Å². The molecule has 29 heavy (non-hydrogen) atoms. The Balaban J connectivity index is 2.15. The number of nitrogens with one attached hydrogen (secondary N) is 2.